The van der Waals surface area contributed by atoms with Gasteiger partial charge in [0.1, 0.15) is 0 Å². The molecule has 1 saturated heterocycles. The molecule has 5 heteroatoms. The fourth-order valence-corrected chi connectivity index (χ4v) is 3.68. The Bertz CT molecular complexity index is 769. The van der Waals surface area contributed by atoms with Gasteiger partial charge in [-0.1, -0.05) is 36.4 Å². The number of carbonyl (C=O) groups excluding carboxylic acids is 1. The number of nitrogens with one attached hydrogen (secondary N) is 1. The number of hydrogen-bond donors (Lipinski definition) is 1. The summed E-state index contributed by atoms with van der Waals surface area (Å²) in [5, 5.41) is 3.14. The summed E-state index contributed by atoms with van der Waals surface area (Å²) >= 11 is 0. The minimum absolute atomic E-state index is 0.0499. The highest BCUT2D eigenvalue weighted by Gasteiger charge is 2.41. The van der Waals surface area contributed by atoms with Gasteiger partial charge in [-0.15, -0.1) is 0 Å². The van der Waals surface area contributed by atoms with E-state index in [4.69, 9.17) is 14.2 Å². The summed E-state index contributed by atoms with van der Waals surface area (Å²) in [5.74, 6) is 1.48. The lowest BCUT2D eigenvalue weighted by molar-refractivity contribution is -0.130. The smallest absolute Gasteiger partial charge is 0.231 e. The molecule has 3 rings (SSSR count). The molecule has 1 N–H and O–H groups in total. The zero-order valence-electron chi connectivity index (χ0n) is 16.7. The van der Waals surface area contributed by atoms with E-state index < -0.39 is 5.41 Å². The molecule has 0 saturated carbocycles. The van der Waals surface area contributed by atoms with Gasteiger partial charge in [0, 0.05) is 19.8 Å². The highest BCUT2D eigenvalue weighted by Crippen LogP contribution is 2.35. The van der Waals surface area contributed by atoms with Crippen LogP contribution in [-0.2, 0) is 21.5 Å². The Labute approximate surface area is 167 Å². The van der Waals surface area contributed by atoms with Gasteiger partial charge < -0.3 is 19.5 Å². The van der Waals surface area contributed by atoms with Crippen LogP contribution in [0.2, 0.25) is 0 Å². The number of benzene rings is 2. The van der Waals surface area contributed by atoms with Crippen molar-refractivity contribution in [2.45, 2.75) is 38.6 Å². The summed E-state index contributed by atoms with van der Waals surface area (Å²) in [4.78, 5) is 13.3. The zero-order valence-corrected chi connectivity index (χ0v) is 16.7. The standard InChI is InChI=1S/C23H29NO4/c1-3-27-20-11-10-18(16-21(20)28-4-2)17-24-22(25)23(12-14-26-15-13-23)19-8-6-5-7-9-19/h5-11,16H,3-4,12-15,17H2,1-2H3,(H,24,25). The molecule has 0 aliphatic carbocycles. The first-order valence-electron chi connectivity index (χ1n) is 9.99. The van der Waals surface area contributed by atoms with Crippen LogP contribution in [0.15, 0.2) is 48.5 Å². The molecule has 0 unspecified atom stereocenters. The van der Waals surface area contributed by atoms with E-state index in [2.05, 4.69) is 5.32 Å². The first-order valence-corrected chi connectivity index (χ1v) is 9.99. The van der Waals surface area contributed by atoms with E-state index in [1.807, 2.05) is 62.4 Å². The average molecular weight is 383 g/mol. The van der Waals surface area contributed by atoms with Gasteiger partial charge >= 0.3 is 0 Å². The molecule has 2 aromatic carbocycles. The van der Waals surface area contributed by atoms with Crippen LogP contribution in [0.5, 0.6) is 11.5 Å². The van der Waals surface area contributed by atoms with E-state index in [0.717, 1.165) is 16.9 Å². The number of ether oxygens (including phenoxy) is 3. The minimum Gasteiger partial charge on any atom is -0.490 e. The zero-order chi connectivity index (χ0) is 19.8. The third-order valence-electron chi connectivity index (χ3n) is 5.17. The van der Waals surface area contributed by atoms with Crippen molar-refractivity contribution in [3.63, 3.8) is 0 Å². The summed E-state index contributed by atoms with van der Waals surface area (Å²) in [6.07, 6.45) is 1.38. The number of hydrogen-bond acceptors (Lipinski definition) is 4. The average Bonchev–Trinajstić information content (AvgIpc) is 2.75. The second-order valence-electron chi connectivity index (χ2n) is 6.89. The molecule has 5 nitrogen and oxygen atoms in total. The van der Waals surface area contributed by atoms with Crippen molar-refractivity contribution < 1.29 is 19.0 Å². The molecule has 0 aromatic heterocycles. The van der Waals surface area contributed by atoms with Gasteiger partial charge in [-0.25, -0.2) is 0 Å². The van der Waals surface area contributed by atoms with Gasteiger partial charge in [0.05, 0.1) is 18.6 Å². The van der Waals surface area contributed by atoms with Gasteiger partial charge in [-0.05, 0) is 49.9 Å². The molecular weight excluding hydrogens is 354 g/mol. The molecular formula is C23H29NO4. The van der Waals surface area contributed by atoms with Crippen LogP contribution in [0.4, 0.5) is 0 Å². The van der Waals surface area contributed by atoms with Crippen molar-refractivity contribution in [3.05, 3.63) is 59.7 Å². The van der Waals surface area contributed by atoms with Crippen LogP contribution in [0.3, 0.4) is 0 Å². The van der Waals surface area contributed by atoms with E-state index in [9.17, 15) is 4.79 Å². The fourth-order valence-electron chi connectivity index (χ4n) is 3.68. The Morgan fingerprint density at radius 3 is 2.36 bits per heavy atom. The molecule has 1 amide bonds. The maximum absolute atomic E-state index is 13.3. The molecule has 0 bridgehead atoms. The Balaban J connectivity index is 1.75. The lowest BCUT2D eigenvalue weighted by Crippen LogP contribution is -2.47. The minimum atomic E-state index is -0.534. The van der Waals surface area contributed by atoms with Crippen molar-refractivity contribution in [2.75, 3.05) is 26.4 Å². The lowest BCUT2D eigenvalue weighted by Gasteiger charge is -2.36. The first kappa shape index (κ1) is 20.2. The first-order chi connectivity index (χ1) is 13.7. The predicted octanol–water partition coefficient (Wildman–Crippen LogP) is 3.85. The van der Waals surface area contributed by atoms with Crippen LogP contribution in [0.25, 0.3) is 0 Å². The maximum Gasteiger partial charge on any atom is 0.231 e. The fraction of sp³-hybridized carbons (Fsp3) is 0.435. The summed E-state index contributed by atoms with van der Waals surface area (Å²) in [7, 11) is 0. The van der Waals surface area contributed by atoms with Crippen LogP contribution in [-0.4, -0.2) is 32.3 Å². The second kappa shape index (κ2) is 9.60. The third kappa shape index (κ3) is 4.47. The molecule has 1 heterocycles. The molecule has 28 heavy (non-hydrogen) atoms. The quantitative estimate of drug-likeness (QED) is 0.752. The topological polar surface area (TPSA) is 56.8 Å². The third-order valence-corrected chi connectivity index (χ3v) is 5.17. The van der Waals surface area contributed by atoms with E-state index in [0.29, 0.717) is 51.6 Å². The largest absolute Gasteiger partial charge is 0.490 e. The van der Waals surface area contributed by atoms with Crippen molar-refractivity contribution in [2.24, 2.45) is 0 Å². The van der Waals surface area contributed by atoms with E-state index >= 15 is 0 Å². The maximum atomic E-state index is 13.3. The van der Waals surface area contributed by atoms with Crippen molar-refractivity contribution >= 4 is 5.91 Å². The molecule has 1 aliphatic heterocycles. The van der Waals surface area contributed by atoms with E-state index in [1.165, 1.54) is 0 Å². The Morgan fingerprint density at radius 2 is 1.68 bits per heavy atom. The normalized spacial score (nSPS) is 15.6. The molecule has 0 atom stereocenters. The lowest BCUT2D eigenvalue weighted by atomic mass is 9.73. The highest BCUT2D eigenvalue weighted by molar-refractivity contribution is 5.88. The molecule has 150 valence electrons. The van der Waals surface area contributed by atoms with Gasteiger partial charge in [-0.3, -0.25) is 4.79 Å². The molecule has 2 aromatic rings. The number of carbonyl (C=O) groups is 1. The van der Waals surface area contributed by atoms with Crippen molar-refractivity contribution in [1.29, 1.82) is 0 Å². The Morgan fingerprint density at radius 1 is 1.00 bits per heavy atom. The second-order valence-corrected chi connectivity index (χ2v) is 6.89. The summed E-state index contributed by atoms with van der Waals surface area (Å²) in [6.45, 7) is 6.67. The van der Waals surface area contributed by atoms with Crippen molar-refractivity contribution in [1.82, 2.24) is 5.32 Å². The number of amides is 1. The van der Waals surface area contributed by atoms with Gasteiger partial charge in [0.2, 0.25) is 5.91 Å². The summed E-state index contributed by atoms with van der Waals surface area (Å²) < 4.78 is 16.8. The van der Waals surface area contributed by atoms with Crippen LogP contribution in [0, 0.1) is 0 Å². The summed E-state index contributed by atoms with van der Waals surface area (Å²) in [6, 6.07) is 15.8. The SMILES string of the molecule is CCOc1ccc(CNC(=O)C2(c3ccccc3)CCOCC2)cc1OCC. The van der Waals surface area contributed by atoms with Crippen LogP contribution >= 0.6 is 0 Å². The van der Waals surface area contributed by atoms with Crippen molar-refractivity contribution in [3.8, 4) is 11.5 Å². The molecule has 1 aliphatic rings. The van der Waals surface area contributed by atoms with Crippen LogP contribution < -0.4 is 14.8 Å². The highest BCUT2D eigenvalue weighted by atomic mass is 16.5. The molecule has 0 spiro atoms. The van der Waals surface area contributed by atoms with Gasteiger partial charge in [0.15, 0.2) is 11.5 Å². The summed E-state index contributed by atoms with van der Waals surface area (Å²) in [5.41, 5.74) is 1.50. The van der Waals surface area contributed by atoms with Crippen LogP contribution in [0.1, 0.15) is 37.8 Å². The Kier molecular flexibility index (Phi) is 6.93. The number of rotatable bonds is 8. The van der Waals surface area contributed by atoms with E-state index in [-0.39, 0.29) is 5.91 Å². The Hall–Kier alpha value is -2.53. The van der Waals surface area contributed by atoms with E-state index in [1.54, 1.807) is 0 Å². The monoisotopic (exact) mass is 383 g/mol. The van der Waals surface area contributed by atoms with Gasteiger partial charge in [0.25, 0.3) is 0 Å². The van der Waals surface area contributed by atoms with Gasteiger partial charge in [-0.2, -0.15) is 0 Å². The molecule has 0 radical (unpaired) electrons. The molecule has 1 fully saturated rings. The predicted molar refractivity (Wildman–Crippen MR) is 109 cm³/mol.